The van der Waals surface area contributed by atoms with Crippen LogP contribution < -0.4 is 5.32 Å². The number of carbonyl (C=O) groups excluding carboxylic acids is 1. The van der Waals surface area contributed by atoms with Crippen molar-refractivity contribution >= 4 is 60.5 Å². The van der Waals surface area contributed by atoms with Crippen LogP contribution in [0.25, 0.3) is 0 Å². The molecule has 102 valence electrons. The lowest BCUT2D eigenvalue weighted by molar-refractivity contribution is -0.143. The summed E-state index contributed by atoms with van der Waals surface area (Å²) in [5, 5.41) is 5.25. The van der Waals surface area contributed by atoms with E-state index in [0.29, 0.717) is 6.54 Å². The standard InChI is InChI=1S/C12H11Br2NO2S2/c1-17-12(16)10(9-5-8(13)11(14)19-9)15-6-7-3-2-4-18-7/h2-5,10,15H,6H2,1H3. The number of carbonyl (C=O) groups is 1. The highest BCUT2D eigenvalue weighted by Gasteiger charge is 2.23. The fourth-order valence-electron chi connectivity index (χ4n) is 1.54. The van der Waals surface area contributed by atoms with E-state index in [4.69, 9.17) is 4.74 Å². The first kappa shape index (κ1) is 15.2. The monoisotopic (exact) mass is 423 g/mol. The van der Waals surface area contributed by atoms with Crippen LogP contribution in [0.2, 0.25) is 0 Å². The molecule has 0 radical (unpaired) electrons. The molecule has 0 fully saturated rings. The first-order valence-electron chi connectivity index (χ1n) is 5.40. The molecule has 0 aromatic carbocycles. The van der Waals surface area contributed by atoms with Crippen LogP contribution in [-0.2, 0) is 16.1 Å². The number of thiophene rings is 2. The van der Waals surface area contributed by atoms with Gasteiger partial charge in [-0.1, -0.05) is 6.07 Å². The van der Waals surface area contributed by atoms with Crippen molar-refractivity contribution in [2.45, 2.75) is 12.6 Å². The molecule has 0 saturated heterocycles. The van der Waals surface area contributed by atoms with Crippen LogP contribution in [0.3, 0.4) is 0 Å². The van der Waals surface area contributed by atoms with Crippen molar-refractivity contribution in [1.82, 2.24) is 5.32 Å². The smallest absolute Gasteiger partial charge is 0.328 e. The topological polar surface area (TPSA) is 38.3 Å². The van der Waals surface area contributed by atoms with Crippen LogP contribution in [0.4, 0.5) is 0 Å². The van der Waals surface area contributed by atoms with Crippen molar-refractivity contribution in [2.24, 2.45) is 0 Å². The third kappa shape index (κ3) is 3.88. The maximum Gasteiger partial charge on any atom is 0.328 e. The Morgan fingerprint density at radius 2 is 2.32 bits per heavy atom. The minimum atomic E-state index is -0.445. The number of halogens is 2. The van der Waals surface area contributed by atoms with Gasteiger partial charge in [-0.2, -0.15) is 0 Å². The van der Waals surface area contributed by atoms with Crippen LogP contribution >= 0.6 is 54.5 Å². The van der Waals surface area contributed by atoms with Gasteiger partial charge in [-0.15, -0.1) is 22.7 Å². The number of nitrogens with one attached hydrogen (secondary N) is 1. The van der Waals surface area contributed by atoms with Gasteiger partial charge in [0.15, 0.2) is 0 Å². The quantitative estimate of drug-likeness (QED) is 0.725. The van der Waals surface area contributed by atoms with E-state index in [2.05, 4.69) is 37.2 Å². The average molecular weight is 425 g/mol. The van der Waals surface area contributed by atoms with E-state index in [9.17, 15) is 4.79 Å². The summed E-state index contributed by atoms with van der Waals surface area (Å²) in [6.07, 6.45) is 0. The Labute approximate surface area is 136 Å². The minimum Gasteiger partial charge on any atom is -0.468 e. The molecule has 2 aromatic heterocycles. The number of methoxy groups -OCH3 is 1. The van der Waals surface area contributed by atoms with E-state index in [1.54, 1.807) is 11.3 Å². The molecule has 3 nitrogen and oxygen atoms in total. The molecular weight excluding hydrogens is 414 g/mol. The van der Waals surface area contributed by atoms with E-state index in [1.165, 1.54) is 23.3 Å². The highest BCUT2D eigenvalue weighted by molar-refractivity contribution is 9.13. The van der Waals surface area contributed by atoms with Crippen molar-refractivity contribution in [1.29, 1.82) is 0 Å². The van der Waals surface area contributed by atoms with E-state index in [-0.39, 0.29) is 5.97 Å². The summed E-state index contributed by atoms with van der Waals surface area (Å²) >= 11 is 10.0. The lowest BCUT2D eigenvalue weighted by atomic mass is 10.2. The molecule has 7 heteroatoms. The van der Waals surface area contributed by atoms with Gasteiger partial charge in [-0.3, -0.25) is 5.32 Å². The zero-order chi connectivity index (χ0) is 13.8. The number of hydrogen-bond donors (Lipinski definition) is 1. The number of hydrogen-bond acceptors (Lipinski definition) is 5. The maximum atomic E-state index is 11.9. The third-order valence-corrected chi connectivity index (χ3v) is 6.64. The van der Waals surface area contributed by atoms with Crippen LogP contribution in [0.5, 0.6) is 0 Å². The Balaban J connectivity index is 2.14. The molecule has 0 aliphatic rings. The maximum absolute atomic E-state index is 11.9. The molecule has 1 unspecified atom stereocenters. The Bertz CT molecular complexity index is 535. The molecular formula is C12H11Br2NO2S2. The number of esters is 1. The molecule has 0 amide bonds. The van der Waals surface area contributed by atoms with Crippen LogP contribution in [0, 0.1) is 0 Å². The first-order chi connectivity index (χ1) is 9.11. The summed E-state index contributed by atoms with van der Waals surface area (Å²) in [6, 6.07) is 5.51. The molecule has 0 spiro atoms. The van der Waals surface area contributed by atoms with Crippen molar-refractivity contribution in [3.8, 4) is 0 Å². The van der Waals surface area contributed by atoms with Crippen molar-refractivity contribution in [3.05, 3.63) is 41.6 Å². The lowest BCUT2D eigenvalue weighted by Gasteiger charge is -2.14. The summed E-state index contributed by atoms with van der Waals surface area (Å²) in [5.41, 5.74) is 0. The van der Waals surface area contributed by atoms with E-state index in [1.807, 2.05) is 23.6 Å². The fraction of sp³-hybridized carbons (Fsp3) is 0.250. The Hall–Kier alpha value is -0.210. The van der Waals surface area contributed by atoms with Crippen LogP contribution in [0.1, 0.15) is 15.8 Å². The van der Waals surface area contributed by atoms with Gasteiger partial charge in [0.25, 0.3) is 0 Å². The van der Waals surface area contributed by atoms with Gasteiger partial charge in [0.2, 0.25) is 0 Å². The second kappa shape index (κ2) is 6.99. The Morgan fingerprint density at radius 3 is 2.84 bits per heavy atom. The summed E-state index contributed by atoms with van der Waals surface area (Å²) < 4.78 is 6.77. The number of ether oxygens (including phenoxy) is 1. The summed E-state index contributed by atoms with van der Waals surface area (Å²) in [6.45, 7) is 0.643. The molecule has 19 heavy (non-hydrogen) atoms. The molecule has 0 aliphatic heterocycles. The zero-order valence-electron chi connectivity index (χ0n) is 9.98. The van der Waals surface area contributed by atoms with Crippen molar-refractivity contribution in [2.75, 3.05) is 7.11 Å². The third-order valence-electron chi connectivity index (χ3n) is 2.45. The van der Waals surface area contributed by atoms with Crippen LogP contribution in [0.15, 0.2) is 31.8 Å². The van der Waals surface area contributed by atoms with Gasteiger partial charge in [0, 0.05) is 20.8 Å². The second-order valence-electron chi connectivity index (χ2n) is 3.69. The highest BCUT2D eigenvalue weighted by atomic mass is 79.9. The van der Waals surface area contributed by atoms with Gasteiger partial charge in [-0.25, -0.2) is 4.79 Å². The zero-order valence-corrected chi connectivity index (χ0v) is 14.8. The van der Waals surface area contributed by atoms with E-state index >= 15 is 0 Å². The van der Waals surface area contributed by atoms with Gasteiger partial charge in [0.1, 0.15) is 6.04 Å². The number of rotatable bonds is 5. The van der Waals surface area contributed by atoms with E-state index < -0.39 is 6.04 Å². The molecule has 1 N–H and O–H groups in total. The predicted octanol–water partition coefficient (Wildman–Crippen LogP) is 4.34. The molecule has 2 rings (SSSR count). The highest BCUT2D eigenvalue weighted by Crippen LogP contribution is 2.36. The molecule has 0 bridgehead atoms. The molecule has 2 aromatic rings. The van der Waals surface area contributed by atoms with Crippen LogP contribution in [-0.4, -0.2) is 13.1 Å². The largest absolute Gasteiger partial charge is 0.468 e. The second-order valence-corrected chi connectivity index (χ2v) is 7.98. The molecule has 0 saturated carbocycles. The fourth-order valence-corrected chi connectivity index (χ4v) is 4.35. The minimum absolute atomic E-state index is 0.280. The average Bonchev–Trinajstić information content (AvgIpc) is 3.01. The molecule has 0 aliphatic carbocycles. The van der Waals surface area contributed by atoms with E-state index in [0.717, 1.165) is 13.1 Å². The molecule has 1 atom stereocenters. The summed E-state index contributed by atoms with van der Waals surface area (Å²) in [4.78, 5) is 14.0. The van der Waals surface area contributed by atoms with Gasteiger partial charge in [-0.05, 0) is 49.4 Å². The van der Waals surface area contributed by atoms with Gasteiger partial charge >= 0.3 is 5.97 Å². The Morgan fingerprint density at radius 1 is 1.53 bits per heavy atom. The summed E-state index contributed by atoms with van der Waals surface area (Å²) in [7, 11) is 1.40. The van der Waals surface area contributed by atoms with Crippen molar-refractivity contribution in [3.63, 3.8) is 0 Å². The first-order valence-corrected chi connectivity index (χ1v) is 8.68. The molecule has 2 heterocycles. The SMILES string of the molecule is COC(=O)C(NCc1cccs1)c1cc(Br)c(Br)s1. The predicted molar refractivity (Wildman–Crippen MR) is 85.6 cm³/mol. The normalized spacial score (nSPS) is 12.4. The van der Waals surface area contributed by atoms with Crippen molar-refractivity contribution < 1.29 is 9.53 Å². The Kier molecular flexibility index (Phi) is 5.58. The lowest BCUT2D eigenvalue weighted by Crippen LogP contribution is -2.28. The van der Waals surface area contributed by atoms with Gasteiger partial charge < -0.3 is 4.74 Å². The van der Waals surface area contributed by atoms with Gasteiger partial charge in [0.05, 0.1) is 10.9 Å². The summed E-state index contributed by atoms with van der Waals surface area (Å²) in [5.74, 6) is -0.280.